The van der Waals surface area contributed by atoms with E-state index in [1.807, 2.05) is 10.3 Å². The van der Waals surface area contributed by atoms with Gasteiger partial charge in [-0.25, -0.2) is 4.98 Å². The van der Waals surface area contributed by atoms with Gasteiger partial charge >= 0.3 is 0 Å². The summed E-state index contributed by atoms with van der Waals surface area (Å²) in [5.41, 5.74) is 5.54. The Morgan fingerprint density at radius 1 is 1.71 bits per heavy atom. The molecular weight excluding hydrogens is 198 g/mol. The van der Waals surface area contributed by atoms with E-state index in [4.69, 9.17) is 5.73 Å². The molecule has 1 aromatic heterocycles. The van der Waals surface area contributed by atoms with Crippen molar-refractivity contribution < 1.29 is 4.79 Å². The zero-order valence-electron chi connectivity index (χ0n) is 7.85. The number of nitrogens with two attached hydrogens (primary N) is 1. The molecule has 0 bridgehead atoms. The Kier molecular flexibility index (Phi) is 2.79. The predicted molar refractivity (Wildman–Crippen MR) is 54.7 cm³/mol. The fraction of sp³-hybridized carbons (Fsp3) is 0.556. The fourth-order valence-corrected chi connectivity index (χ4v) is 2.29. The van der Waals surface area contributed by atoms with Crippen LogP contribution in [0, 0.1) is 5.92 Å². The zero-order valence-corrected chi connectivity index (χ0v) is 8.67. The molecule has 0 aliphatic carbocycles. The SMILES string of the molecule is NCC1CC(=O)N(Cc2nccs2)C1. The van der Waals surface area contributed by atoms with E-state index in [9.17, 15) is 4.79 Å². The molecule has 2 heterocycles. The molecule has 4 nitrogen and oxygen atoms in total. The van der Waals surface area contributed by atoms with Crippen molar-refractivity contribution in [1.82, 2.24) is 9.88 Å². The van der Waals surface area contributed by atoms with Gasteiger partial charge in [0.25, 0.3) is 0 Å². The maximum Gasteiger partial charge on any atom is 0.223 e. The number of likely N-dealkylation sites (tertiary alicyclic amines) is 1. The summed E-state index contributed by atoms with van der Waals surface area (Å²) in [4.78, 5) is 17.5. The highest BCUT2D eigenvalue weighted by Gasteiger charge is 2.28. The highest BCUT2D eigenvalue weighted by molar-refractivity contribution is 7.09. The lowest BCUT2D eigenvalue weighted by molar-refractivity contribution is -0.128. The van der Waals surface area contributed by atoms with Crippen molar-refractivity contribution in [2.24, 2.45) is 11.7 Å². The Hall–Kier alpha value is -0.940. The molecule has 1 saturated heterocycles. The molecule has 1 aromatic rings. The zero-order chi connectivity index (χ0) is 9.97. The minimum Gasteiger partial charge on any atom is -0.336 e. The molecule has 1 amide bonds. The van der Waals surface area contributed by atoms with Gasteiger partial charge in [-0.15, -0.1) is 11.3 Å². The molecule has 76 valence electrons. The Labute approximate surface area is 86.7 Å². The lowest BCUT2D eigenvalue weighted by Crippen LogP contribution is -2.25. The molecular formula is C9H13N3OS. The quantitative estimate of drug-likeness (QED) is 0.789. The fourth-order valence-electron chi connectivity index (χ4n) is 1.66. The van der Waals surface area contributed by atoms with Crippen LogP contribution in [-0.4, -0.2) is 28.9 Å². The van der Waals surface area contributed by atoms with Crippen LogP contribution >= 0.6 is 11.3 Å². The van der Waals surface area contributed by atoms with Crippen molar-refractivity contribution in [2.75, 3.05) is 13.1 Å². The van der Waals surface area contributed by atoms with Crippen LogP contribution in [0.25, 0.3) is 0 Å². The number of carbonyl (C=O) groups is 1. The summed E-state index contributed by atoms with van der Waals surface area (Å²) in [5, 5.41) is 2.92. The molecule has 2 rings (SSSR count). The van der Waals surface area contributed by atoms with Crippen molar-refractivity contribution in [3.8, 4) is 0 Å². The van der Waals surface area contributed by atoms with Gasteiger partial charge in [0.15, 0.2) is 0 Å². The number of carbonyl (C=O) groups excluding carboxylic acids is 1. The average molecular weight is 211 g/mol. The third kappa shape index (κ3) is 1.93. The Morgan fingerprint density at radius 3 is 3.14 bits per heavy atom. The van der Waals surface area contributed by atoms with E-state index in [1.165, 1.54) is 0 Å². The molecule has 1 fully saturated rings. The van der Waals surface area contributed by atoms with E-state index in [0.29, 0.717) is 25.4 Å². The van der Waals surface area contributed by atoms with Crippen molar-refractivity contribution in [3.05, 3.63) is 16.6 Å². The minimum atomic E-state index is 0.204. The van der Waals surface area contributed by atoms with Crippen LogP contribution in [0.15, 0.2) is 11.6 Å². The molecule has 14 heavy (non-hydrogen) atoms. The summed E-state index contributed by atoms with van der Waals surface area (Å²) in [7, 11) is 0. The van der Waals surface area contributed by atoms with Gasteiger partial charge in [-0.2, -0.15) is 0 Å². The number of amides is 1. The van der Waals surface area contributed by atoms with Crippen molar-refractivity contribution in [3.63, 3.8) is 0 Å². The van der Waals surface area contributed by atoms with E-state index in [2.05, 4.69) is 4.98 Å². The molecule has 0 spiro atoms. The third-order valence-electron chi connectivity index (χ3n) is 2.44. The molecule has 2 N–H and O–H groups in total. The summed E-state index contributed by atoms with van der Waals surface area (Å²) < 4.78 is 0. The lowest BCUT2D eigenvalue weighted by Gasteiger charge is -2.14. The molecule has 1 aliphatic rings. The molecule has 1 unspecified atom stereocenters. The van der Waals surface area contributed by atoms with Crippen LogP contribution in [0.5, 0.6) is 0 Å². The first-order valence-electron chi connectivity index (χ1n) is 4.66. The van der Waals surface area contributed by atoms with Gasteiger partial charge in [-0.1, -0.05) is 0 Å². The summed E-state index contributed by atoms with van der Waals surface area (Å²) in [6.45, 7) is 2.03. The summed E-state index contributed by atoms with van der Waals surface area (Å²) in [6, 6.07) is 0. The van der Waals surface area contributed by atoms with Crippen LogP contribution in [-0.2, 0) is 11.3 Å². The van der Waals surface area contributed by atoms with Crippen LogP contribution in [0.3, 0.4) is 0 Å². The molecule has 0 saturated carbocycles. The number of hydrogen-bond donors (Lipinski definition) is 1. The number of thiazole rings is 1. The lowest BCUT2D eigenvalue weighted by atomic mass is 10.1. The smallest absolute Gasteiger partial charge is 0.223 e. The van der Waals surface area contributed by atoms with Crippen molar-refractivity contribution in [2.45, 2.75) is 13.0 Å². The molecule has 1 aliphatic heterocycles. The Morgan fingerprint density at radius 2 is 2.57 bits per heavy atom. The second-order valence-electron chi connectivity index (χ2n) is 3.51. The van der Waals surface area contributed by atoms with Gasteiger partial charge in [0.2, 0.25) is 5.91 Å². The first kappa shape index (κ1) is 9.61. The van der Waals surface area contributed by atoms with E-state index >= 15 is 0 Å². The summed E-state index contributed by atoms with van der Waals surface area (Å²) in [5.74, 6) is 0.540. The summed E-state index contributed by atoms with van der Waals surface area (Å²) >= 11 is 1.58. The second kappa shape index (κ2) is 4.06. The maximum atomic E-state index is 11.5. The number of aromatic nitrogens is 1. The highest BCUT2D eigenvalue weighted by atomic mass is 32.1. The number of nitrogens with zero attached hydrogens (tertiary/aromatic N) is 2. The Balaban J connectivity index is 1.96. The first-order valence-corrected chi connectivity index (χ1v) is 5.53. The summed E-state index contributed by atoms with van der Waals surface area (Å²) in [6.07, 6.45) is 2.36. The standard InChI is InChI=1S/C9H13N3OS/c10-4-7-3-9(13)12(5-7)6-8-11-1-2-14-8/h1-2,7H,3-6,10H2. The van der Waals surface area contributed by atoms with E-state index in [-0.39, 0.29) is 5.91 Å². The second-order valence-corrected chi connectivity index (χ2v) is 4.49. The predicted octanol–water partition coefficient (Wildman–Crippen LogP) is 0.450. The van der Waals surface area contributed by atoms with Gasteiger partial charge in [0.05, 0.1) is 6.54 Å². The highest BCUT2D eigenvalue weighted by Crippen LogP contribution is 2.19. The minimum absolute atomic E-state index is 0.204. The van der Waals surface area contributed by atoms with Crippen LogP contribution < -0.4 is 5.73 Å². The average Bonchev–Trinajstić information content (AvgIpc) is 2.78. The van der Waals surface area contributed by atoms with Crippen LogP contribution in [0.4, 0.5) is 0 Å². The van der Waals surface area contributed by atoms with Crippen LogP contribution in [0.2, 0.25) is 0 Å². The maximum absolute atomic E-state index is 11.5. The molecule has 0 aromatic carbocycles. The van der Waals surface area contributed by atoms with Gasteiger partial charge < -0.3 is 10.6 Å². The first-order chi connectivity index (χ1) is 6.79. The van der Waals surface area contributed by atoms with E-state index in [0.717, 1.165) is 11.6 Å². The molecule has 0 radical (unpaired) electrons. The van der Waals surface area contributed by atoms with Gasteiger partial charge in [-0.3, -0.25) is 4.79 Å². The van der Waals surface area contributed by atoms with Crippen molar-refractivity contribution >= 4 is 17.2 Å². The van der Waals surface area contributed by atoms with Crippen LogP contribution in [0.1, 0.15) is 11.4 Å². The molecule has 5 heteroatoms. The van der Waals surface area contributed by atoms with Crippen molar-refractivity contribution in [1.29, 1.82) is 0 Å². The van der Waals surface area contributed by atoms with E-state index in [1.54, 1.807) is 17.5 Å². The normalized spacial score (nSPS) is 21.9. The third-order valence-corrected chi connectivity index (χ3v) is 3.20. The topological polar surface area (TPSA) is 59.2 Å². The van der Waals surface area contributed by atoms with E-state index < -0.39 is 0 Å². The molecule has 1 atom stereocenters. The number of rotatable bonds is 3. The van der Waals surface area contributed by atoms with Gasteiger partial charge in [-0.05, 0) is 12.5 Å². The number of hydrogen-bond acceptors (Lipinski definition) is 4. The van der Waals surface area contributed by atoms with Gasteiger partial charge in [0.1, 0.15) is 5.01 Å². The largest absolute Gasteiger partial charge is 0.336 e. The Bertz CT molecular complexity index is 312. The monoisotopic (exact) mass is 211 g/mol. The van der Waals surface area contributed by atoms with Gasteiger partial charge in [0, 0.05) is 24.5 Å².